The van der Waals surface area contributed by atoms with Gasteiger partial charge in [-0.1, -0.05) is 104 Å². The van der Waals surface area contributed by atoms with Crippen molar-refractivity contribution >= 4 is 87.2 Å². The molecule has 8 nitrogen and oxygen atoms in total. The number of rotatable bonds is 0. The third kappa shape index (κ3) is 4.67. The largest absolute Gasteiger partial charge is 0.324 e. The summed E-state index contributed by atoms with van der Waals surface area (Å²) in [4.78, 5) is 38.8. The van der Waals surface area contributed by atoms with Gasteiger partial charge in [0.25, 0.3) is 0 Å². The summed E-state index contributed by atoms with van der Waals surface area (Å²) in [5.41, 5.74) is 6.34. The lowest BCUT2D eigenvalue weighted by Gasteiger charge is -2.03. The van der Waals surface area contributed by atoms with Crippen LogP contribution < -0.4 is 0 Å². The fourth-order valence-corrected chi connectivity index (χ4v) is 8.54. The number of hydrogen-bond donors (Lipinski definition) is 2. The monoisotopic (exact) mass is 730 g/mol. The van der Waals surface area contributed by atoms with Gasteiger partial charge in [0.2, 0.25) is 0 Å². The number of benzene rings is 8. The van der Waals surface area contributed by atoms with Crippen LogP contribution >= 0.6 is 0 Å². The maximum Gasteiger partial charge on any atom is 0.164 e. The Morgan fingerprint density at radius 2 is 0.474 bits per heavy atom. The fraction of sp³-hybridized carbons (Fsp3) is 0.0204. The van der Waals surface area contributed by atoms with Gasteiger partial charge in [-0.05, 0) is 91.6 Å². The van der Waals surface area contributed by atoms with Crippen molar-refractivity contribution < 1.29 is 0 Å². The molecule has 0 radical (unpaired) electrons. The van der Waals surface area contributed by atoms with E-state index in [1.807, 2.05) is 0 Å². The average molecular weight is 731 g/mol. The molecule has 3 aromatic heterocycles. The molecule has 0 spiro atoms. The molecule has 11 aromatic rings. The number of H-pyrrole nitrogens is 2. The summed E-state index contributed by atoms with van der Waals surface area (Å²) in [5.74, 6) is 2.32. The van der Waals surface area contributed by atoms with Gasteiger partial charge in [-0.25, -0.2) is 29.9 Å². The SMILES string of the molecule is C.c1ccc2cc3c(cc2c1)-c1nc-3nc2[nH]c(nc3nc(nc4[nH]c(n1)c1cc5ccccc5cc41)-c1cc4ccccc4cc1-3)c1cc3ccccc3cc21. The fourth-order valence-electron chi connectivity index (χ4n) is 8.54. The molecule has 0 aliphatic carbocycles. The molecule has 2 N–H and O–H groups in total. The molecular weight excluding hydrogens is 701 g/mol. The highest BCUT2D eigenvalue weighted by molar-refractivity contribution is 6.13. The Morgan fingerprint density at radius 1 is 0.263 bits per heavy atom. The van der Waals surface area contributed by atoms with Crippen molar-refractivity contribution in [2.45, 2.75) is 7.43 Å². The molecular formula is C49H30N8. The number of nitrogens with zero attached hydrogens (tertiary/aromatic N) is 6. The van der Waals surface area contributed by atoms with E-state index < -0.39 is 0 Å². The second kappa shape index (κ2) is 11.6. The average Bonchev–Trinajstić information content (AvgIpc) is 3.95. The van der Waals surface area contributed by atoms with Gasteiger partial charge in [-0.15, -0.1) is 0 Å². The summed E-state index contributed by atoms with van der Waals surface area (Å²) in [5, 5.41) is 12.6. The van der Waals surface area contributed by atoms with Crippen molar-refractivity contribution in [1.29, 1.82) is 0 Å². The predicted octanol–water partition coefficient (Wildman–Crippen LogP) is 12.1. The molecule has 2 aliphatic rings. The summed E-state index contributed by atoms with van der Waals surface area (Å²) >= 11 is 0. The van der Waals surface area contributed by atoms with Crippen LogP contribution in [0.2, 0.25) is 0 Å². The minimum atomic E-state index is 0. The first-order chi connectivity index (χ1) is 27.7. The Kier molecular flexibility index (Phi) is 6.40. The van der Waals surface area contributed by atoms with Gasteiger partial charge in [0.15, 0.2) is 23.3 Å². The minimum absolute atomic E-state index is 0. The first-order valence-corrected chi connectivity index (χ1v) is 18.6. The Bertz CT molecular complexity index is 3250. The van der Waals surface area contributed by atoms with Crippen LogP contribution in [0.15, 0.2) is 146 Å². The van der Waals surface area contributed by atoms with Gasteiger partial charge in [0.1, 0.15) is 22.6 Å². The smallest absolute Gasteiger partial charge is 0.164 e. The van der Waals surface area contributed by atoms with Crippen LogP contribution in [-0.4, -0.2) is 39.9 Å². The van der Waals surface area contributed by atoms with E-state index in [-0.39, 0.29) is 7.43 Å². The summed E-state index contributed by atoms with van der Waals surface area (Å²) in [7, 11) is 0. The van der Waals surface area contributed by atoms with Crippen LogP contribution in [0.5, 0.6) is 0 Å². The van der Waals surface area contributed by atoms with Crippen LogP contribution in [0.4, 0.5) is 0 Å². The zero-order chi connectivity index (χ0) is 36.5. The highest BCUT2D eigenvalue weighted by Gasteiger charge is 2.24. The number of fused-ring (bicyclic) bond motifs is 24. The molecule has 8 heteroatoms. The third-order valence-electron chi connectivity index (χ3n) is 11.3. The first kappa shape index (κ1) is 31.5. The summed E-state index contributed by atoms with van der Waals surface area (Å²) in [6, 6.07) is 50.9. The van der Waals surface area contributed by atoms with E-state index >= 15 is 0 Å². The number of aromatic amines is 2. The first-order valence-electron chi connectivity index (χ1n) is 18.6. The summed E-state index contributed by atoms with van der Waals surface area (Å²) in [6.07, 6.45) is 0. The molecule has 13 rings (SSSR count). The third-order valence-corrected chi connectivity index (χ3v) is 11.3. The Labute approximate surface area is 324 Å². The van der Waals surface area contributed by atoms with Gasteiger partial charge in [0, 0.05) is 43.8 Å². The highest BCUT2D eigenvalue weighted by Crippen LogP contribution is 2.40. The van der Waals surface area contributed by atoms with Gasteiger partial charge >= 0.3 is 0 Å². The number of aromatic nitrogens is 8. The lowest BCUT2D eigenvalue weighted by atomic mass is 10.0. The van der Waals surface area contributed by atoms with Crippen molar-refractivity contribution in [3.05, 3.63) is 146 Å². The maximum absolute atomic E-state index is 5.31. The Morgan fingerprint density at radius 3 is 0.702 bits per heavy atom. The standard InChI is InChI=1S/C48H26N8.CH4/c1-2-10-26-18-34-33(17-25(26)9-1)41-49-42(34)54-44-37-21-29-13-5-6-14-30(29)22-38(37)46(51-44)56-48-40-24-32-16-8-7-15-31(32)23-39(40)47(52-48)55-45-36-20-28-12-4-3-11-27(28)19-35(36)43(50-45)53-41;/h1-24H,(H2,49,50,51,52,53,54,55,56);1H4. The van der Waals surface area contributed by atoms with Crippen molar-refractivity contribution in [2.24, 2.45) is 0 Å². The van der Waals surface area contributed by atoms with Crippen molar-refractivity contribution in [2.75, 3.05) is 0 Å². The van der Waals surface area contributed by atoms with Crippen LogP contribution in [-0.2, 0) is 0 Å². The van der Waals surface area contributed by atoms with E-state index in [1.54, 1.807) is 0 Å². The molecule has 8 aromatic carbocycles. The van der Waals surface area contributed by atoms with Gasteiger partial charge in [0.05, 0.1) is 0 Å². The van der Waals surface area contributed by atoms with E-state index in [0.717, 1.165) is 86.9 Å². The maximum atomic E-state index is 5.31. The normalized spacial score (nSPS) is 12.1. The highest BCUT2D eigenvalue weighted by atomic mass is 15.1. The van der Waals surface area contributed by atoms with Crippen LogP contribution in [0.25, 0.3) is 133 Å². The molecule has 0 saturated heterocycles. The minimum Gasteiger partial charge on any atom is -0.324 e. The van der Waals surface area contributed by atoms with Crippen LogP contribution in [0.1, 0.15) is 7.43 Å². The van der Waals surface area contributed by atoms with E-state index in [2.05, 4.69) is 156 Å². The van der Waals surface area contributed by atoms with E-state index in [0.29, 0.717) is 45.9 Å². The molecule has 0 amide bonds. The van der Waals surface area contributed by atoms with E-state index in [1.165, 1.54) is 0 Å². The number of nitrogens with one attached hydrogen (secondary N) is 2. The molecule has 0 saturated carbocycles. The molecule has 8 bridgehead atoms. The topological polar surface area (TPSA) is 109 Å². The predicted molar refractivity (Wildman–Crippen MR) is 233 cm³/mol. The molecule has 266 valence electrons. The Hall–Kier alpha value is -7.84. The van der Waals surface area contributed by atoms with Gasteiger partial charge < -0.3 is 9.97 Å². The van der Waals surface area contributed by atoms with Crippen LogP contribution in [0.3, 0.4) is 0 Å². The van der Waals surface area contributed by atoms with E-state index in [9.17, 15) is 0 Å². The van der Waals surface area contributed by atoms with Crippen molar-refractivity contribution in [3.8, 4) is 45.6 Å². The van der Waals surface area contributed by atoms with Gasteiger partial charge in [-0.3, -0.25) is 0 Å². The molecule has 0 fully saturated rings. The van der Waals surface area contributed by atoms with Gasteiger partial charge in [-0.2, -0.15) is 0 Å². The molecule has 2 aliphatic heterocycles. The Balaban J connectivity index is 0.00000356. The quantitative estimate of drug-likeness (QED) is 0.161. The van der Waals surface area contributed by atoms with Crippen LogP contribution in [0, 0.1) is 0 Å². The van der Waals surface area contributed by atoms with E-state index in [4.69, 9.17) is 29.9 Å². The zero-order valence-corrected chi connectivity index (χ0v) is 29.5. The second-order valence-electron chi connectivity index (χ2n) is 14.6. The second-order valence-corrected chi connectivity index (χ2v) is 14.6. The lowest BCUT2D eigenvalue weighted by Crippen LogP contribution is -1.84. The summed E-state index contributed by atoms with van der Waals surface area (Å²) < 4.78 is 0. The summed E-state index contributed by atoms with van der Waals surface area (Å²) in [6.45, 7) is 0. The lowest BCUT2D eigenvalue weighted by molar-refractivity contribution is 1.19. The number of hydrogen-bond acceptors (Lipinski definition) is 6. The van der Waals surface area contributed by atoms with Crippen molar-refractivity contribution in [3.63, 3.8) is 0 Å². The zero-order valence-electron chi connectivity index (χ0n) is 29.5. The van der Waals surface area contributed by atoms with Crippen molar-refractivity contribution in [1.82, 2.24) is 39.9 Å². The molecule has 5 heterocycles. The molecule has 0 atom stereocenters. The molecule has 0 unspecified atom stereocenters. The molecule has 57 heavy (non-hydrogen) atoms.